The van der Waals surface area contributed by atoms with Crippen molar-refractivity contribution in [2.45, 2.75) is 83.2 Å². The maximum Gasteiger partial charge on any atom is 0.416 e. The number of halogens is 6. The Kier molecular flexibility index (Phi) is 12.8. The van der Waals surface area contributed by atoms with E-state index in [4.69, 9.17) is 0 Å². The number of hydrogen-bond acceptors (Lipinski definition) is 0. The van der Waals surface area contributed by atoms with Crippen LogP contribution < -0.4 is 10.6 Å². The summed E-state index contributed by atoms with van der Waals surface area (Å²) in [6.45, 7) is 15.7. The van der Waals surface area contributed by atoms with Crippen molar-refractivity contribution in [1.29, 1.82) is 0 Å². The second kappa shape index (κ2) is 14.6. The molecule has 2 aromatic rings. The average molecular weight is 680 g/mol. The van der Waals surface area contributed by atoms with E-state index < -0.39 is 39.3 Å². The topological polar surface area (TPSA) is 0 Å². The van der Waals surface area contributed by atoms with Gasteiger partial charge in [-0.05, 0) is 70.5 Å². The van der Waals surface area contributed by atoms with Crippen LogP contribution in [0.3, 0.4) is 0 Å². The Balaban J connectivity index is 0.000000973. The van der Waals surface area contributed by atoms with E-state index in [0.29, 0.717) is 10.6 Å². The van der Waals surface area contributed by atoms with E-state index in [1.54, 1.807) is 0 Å². The molecule has 9 heteroatoms. The largest absolute Gasteiger partial charge is 0.416 e. The van der Waals surface area contributed by atoms with Crippen molar-refractivity contribution in [3.8, 4) is 0 Å². The molecule has 0 saturated heterocycles. The molecule has 2 atom stereocenters. The Morgan fingerprint density at radius 3 is 1.35 bits per heavy atom. The molecule has 0 saturated carbocycles. The molecule has 0 N–H and O–H groups in total. The third-order valence-corrected chi connectivity index (χ3v) is 13.7. The van der Waals surface area contributed by atoms with Crippen LogP contribution in [0.15, 0.2) is 96.4 Å². The molecule has 0 aliphatic heterocycles. The summed E-state index contributed by atoms with van der Waals surface area (Å²) in [6, 6.07) is 10.2. The van der Waals surface area contributed by atoms with Gasteiger partial charge < -0.3 is 0 Å². The summed E-state index contributed by atoms with van der Waals surface area (Å²) < 4.78 is 79.6. The van der Waals surface area contributed by atoms with Crippen LogP contribution in [-0.4, -0.2) is 16.0 Å². The summed E-state index contributed by atoms with van der Waals surface area (Å²) in [4.78, 5) is 0. The van der Waals surface area contributed by atoms with Gasteiger partial charge in [0.1, 0.15) is 0 Å². The van der Waals surface area contributed by atoms with Crippen molar-refractivity contribution in [3.63, 3.8) is 0 Å². The fourth-order valence-electron chi connectivity index (χ4n) is 5.94. The van der Waals surface area contributed by atoms with Gasteiger partial charge in [0.25, 0.3) is 0 Å². The normalized spacial score (nSPS) is 17.6. The van der Waals surface area contributed by atoms with E-state index in [1.165, 1.54) is 24.3 Å². The van der Waals surface area contributed by atoms with E-state index in [2.05, 4.69) is 78.8 Å². The zero-order chi connectivity index (χ0) is 31.5. The van der Waals surface area contributed by atoms with Gasteiger partial charge in [-0.1, -0.05) is 123 Å². The molecule has 236 valence electrons. The predicted molar refractivity (Wildman–Crippen MR) is 169 cm³/mol. The van der Waals surface area contributed by atoms with Crippen LogP contribution in [0.5, 0.6) is 0 Å². The fourth-order valence-corrected chi connectivity index (χ4v) is 13.7. The number of benzene rings is 2. The van der Waals surface area contributed by atoms with Gasteiger partial charge in [-0.2, -0.15) is 26.3 Å². The maximum atomic E-state index is 13.3. The predicted octanol–water partition coefficient (Wildman–Crippen LogP) is 11.2. The van der Waals surface area contributed by atoms with Gasteiger partial charge in [0.15, 0.2) is 0 Å². The smallest absolute Gasteiger partial charge is 0.166 e. The standard InChI is InChI=1S/C29H34F6P2.C5H6.Fe/c1-19(37(26(2,3)4)27(5,6)7)24-9-8-10-25(24)36(22-15-11-20(12-16-22)28(30,31)32)23-17-13-21(14-18-23)29(33,34)35;1-2-4-5-3-1;/h8-19,24H,1-7H3;1-4H,5H2;/t19-,24?;;/m1../s1. The first-order chi connectivity index (χ1) is 19.3. The fraction of sp³-hybridized carbons (Fsp3) is 0.412. The molecule has 0 aromatic heterocycles. The third kappa shape index (κ3) is 9.92. The molecular formula is C34H40F6FeP2. The first kappa shape index (κ1) is 37.5. The third-order valence-electron chi connectivity index (χ3n) is 7.12. The van der Waals surface area contributed by atoms with Crippen molar-refractivity contribution in [1.82, 2.24) is 0 Å². The maximum absolute atomic E-state index is 13.3. The molecule has 0 radical (unpaired) electrons. The minimum Gasteiger partial charge on any atom is -0.166 e. The van der Waals surface area contributed by atoms with Crippen molar-refractivity contribution >= 4 is 26.5 Å². The molecule has 0 heterocycles. The van der Waals surface area contributed by atoms with Crippen molar-refractivity contribution in [3.05, 3.63) is 108 Å². The second-order valence-electron chi connectivity index (χ2n) is 12.5. The van der Waals surface area contributed by atoms with Crippen LogP contribution in [0.4, 0.5) is 26.3 Å². The molecule has 0 fully saturated rings. The van der Waals surface area contributed by atoms with Crippen molar-refractivity contribution in [2.24, 2.45) is 5.92 Å². The molecular weight excluding hydrogens is 640 g/mol. The van der Waals surface area contributed by atoms with E-state index in [1.807, 2.05) is 12.2 Å². The SMILES string of the molecule is C1=CCC=C1.C[C@H](C1C=CC=C1P(c1ccc(C(F)(F)F)cc1)c1ccc(C(F)(F)F)cc1)P(C(C)(C)C)C(C)(C)C.[Fe]. The number of rotatable bonds is 5. The van der Waals surface area contributed by atoms with Crippen molar-refractivity contribution in [2.75, 3.05) is 0 Å². The van der Waals surface area contributed by atoms with Crippen molar-refractivity contribution < 1.29 is 43.4 Å². The number of alkyl halides is 6. The van der Waals surface area contributed by atoms with Gasteiger partial charge in [-0.3, -0.25) is 0 Å². The van der Waals surface area contributed by atoms with Crippen LogP contribution in [0.2, 0.25) is 0 Å². The summed E-state index contributed by atoms with van der Waals surface area (Å²) in [7, 11) is -1.87. The Bertz CT molecular complexity index is 1220. The Morgan fingerprint density at radius 2 is 1.05 bits per heavy atom. The summed E-state index contributed by atoms with van der Waals surface area (Å²) >= 11 is 0. The van der Waals surface area contributed by atoms with Gasteiger partial charge in [-0.25, -0.2) is 0 Å². The molecule has 0 amide bonds. The van der Waals surface area contributed by atoms with Gasteiger partial charge in [0.05, 0.1) is 11.1 Å². The Hall–Kier alpha value is -1.64. The van der Waals surface area contributed by atoms with Gasteiger partial charge in [-0.15, -0.1) is 0 Å². The van der Waals surface area contributed by atoms with E-state index in [-0.39, 0.29) is 39.0 Å². The van der Waals surface area contributed by atoms with E-state index in [9.17, 15) is 26.3 Å². The monoisotopic (exact) mass is 680 g/mol. The quantitative estimate of drug-likeness (QED) is 0.168. The van der Waals surface area contributed by atoms with Crippen LogP contribution in [0, 0.1) is 5.92 Å². The first-order valence-corrected chi connectivity index (χ1v) is 16.7. The summed E-state index contributed by atoms with van der Waals surface area (Å²) in [6.07, 6.45) is 6.72. The van der Waals surface area contributed by atoms with Gasteiger partial charge >= 0.3 is 12.4 Å². The molecule has 0 spiro atoms. The van der Waals surface area contributed by atoms with E-state index in [0.717, 1.165) is 36.0 Å². The average Bonchev–Trinajstić information content (AvgIpc) is 3.58. The molecule has 0 bridgehead atoms. The molecule has 43 heavy (non-hydrogen) atoms. The van der Waals surface area contributed by atoms with Crippen LogP contribution in [0.1, 0.15) is 66.0 Å². The molecule has 2 aliphatic carbocycles. The second-order valence-corrected chi connectivity index (χ2v) is 18.9. The van der Waals surface area contributed by atoms with Crippen LogP contribution >= 0.6 is 15.8 Å². The molecule has 2 aromatic carbocycles. The Labute approximate surface area is 265 Å². The minimum absolute atomic E-state index is 0. The molecule has 0 nitrogen and oxygen atoms in total. The minimum atomic E-state index is -4.46. The Morgan fingerprint density at radius 1 is 0.651 bits per heavy atom. The molecule has 4 rings (SSSR count). The van der Waals surface area contributed by atoms with Crippen LogP contribution in [-0.2, 0) is 29.4 Å². The first-order valence-electron chi connectivity index (χ1n) is 14.0. The summed E-state index contributed by atoms with van der Waals surface area (Å²) in [5, 5.41) is 2.54. The zero-order valence-corrected chi connectivity index (χ0v) is 28.4. The van der Waals surface area contributed by atoms with Gasteiger partial charge in [0, 0.05) is 23.0 Å². The van der Waals surface area contributed by atoms with E-state index >= 15 is 0 Å². The summed E-state index contributed by atoms with van der Waals surface area (Å²) in [5.41, 5.74) is -1.23. The molecule has 1 unspecified atom stereocenters. The van der Waals surface area contributed by atoms with Crippen LogP contribution in [0.25, 0.3) is 0 Å². The zero-order valence-electron chi connectivity index (χ0n) is 25.5. The summed E-state index contributed by atoms with van der Waals surface area (Å²) in [5.74, 6) is 0.0419. The molecule has 2 aliphatic rings. The van der Waals surface area contributed by atoms with Gasteiger partial charge in [0.2, 0.25) is 0 Å². The number of hydrogen-bond donors (Lipinski definition) is 0. The number of allylic oxidation sites excluding steroid dienone is 8.